The molecule has 19 heavy (non-hydrogen) atoms. The SMILES string of the molecule is CCN(C(=O)N(C)CCCCCO)C(C)(C)C(=O)O. The summed E-state index contributed by atoms with van der Waals surface area (Å²) in [5.41, 5.74) is -1.22. The molecule has 6 heteroatoms. The number of carboxylic acid groups (broad SMARTS) is 1. The number of rotatable bonds is 8. The van der Waals surface area contributed by atoms with Gasteiger partial charge in [0.1, 0.15) is 5.54 Å². The molecule has 0 aromatic rings. The highest BCUT2D eigenvalue weighted by Gasteiger charge is 2.37. The zero-order valence-corrected chi connectivity index (χ0v) is 12.3. The van der Waals surface area contributed by atoms with Crippen molar-refractivity contribution in [1.29, 1.82) is 0 Å². The highest BCUT2D eigenvalue weighted by atomic mass is 16.4. The summed E-state index contributed by atoms with van der Waals surface area (Å²) in [5, 5.41) is 17.9. The molecule has 0 saturated heterocycles. The van der Waals surface area contributed by atoms with Gasteiger partial charge in [-0.2, -0.15) is 0 Å². The number of urea groups is 1. The predicted octanol–water partition coefficient (Wildman–Crippen LogP) is 1.39. The maximum atomic E-state index is 12.2. The highest BCUT2D eigenvalue weighted by Crippen LogP contribution is 2.16. The van der Waals surface area contributed by atoms with Crippen LogP contribution in [0.5, 0.6) is 0 Å². The molecule has 0 aromatic heterocycles. The molecule has 0 spiro atoms. The Morgan fingerprint density at radius 1 is 1.16 bits per heavy atom. The lowest BCUT2D eigenvalue weighted by Gasteiger charge is -2.37. The van der Waals surface area contributed by atoms with Crippen LogP contribution in [0.2, 0.25) is 0 Å². The van der Waals surface area contributed by atoms with E-state index in [1.165, 1.54) is 23.6 Å². The summed E-state index contributed by atoms with van der Waals surface area (Å²) < 4.78 is 0. The Hall–Kier alpha value is -1.30. The molecule has 0 aliphatic carbocycles. The second kappa shape index (κ2) is 7.99. The van der Waals surface area contributed by atoms with Crippen molar-refractivity contribution in [3.8, 4) is 0 Å². The van der Waals surface area contributed by atoms with Crippen molar-refractivity contribution < 1.29 is 19.8 Å². The highest BCUT2D eigenvalue weighted by molar-refractivity contribution is 5.85. The zero-order chi connectivity index (χ0) is 15.1. The molecule has 0 atom stereocenters. The second-order valence-corrected chi connectivity index (χ2v) is 5.10. The van der Waals surface area contributed by atoms with E-state index in [0.29, 0.717) is 13.1 Å². The lowest BCUT2D eigenvalue weighted by molar-refractivity contribution is -0.147. The van der Waals surface area contributed by atoms with Gasteiger partial charge in [-0.3, -0.25) is 0 Å². The van der Waals surface area contributed by atoms with Gasteiger partial charge in [0, 0.05) is 26.7 Å². The standard InChI is InChI=1S/C13H26N2O4/c1-5-15(13(2,3)11(17)18)12(19)14(4)9-7-6-8-10-16/h16H,5-10H2,1-4H3,(H,17,18). The number of hydrogen-bond donors (Lipinski definition) is 2. The van der Waals surface area contributed by atoms with E-state index in [4.69, 9.17) is 5.11 Å². The van der Waals surface area contributed by atoms with Gasteiger partial charge in [0.2, 0.25) is 0 Å². The van der Waals surface area contributed by atoms with E-state index in [9.17, 15) is 14.7 Å². The number of aliphatic hydroxyl groups is 1. The van der Waals surface area contributed by atoms with Crippen LogP contribution in [0, 0.1) is 0 Å². The van der Waals surface area contributed by atoms with Crippen LogP contribution in [0.1, 0.15) is 40.0 Å². The number of hydrogen-bond acceptors (Lipinski definition) is 3. The number of likely N-dealkylation sites (N-methyl/N-ethyl adjacent to an activating group) is 1. The van der Waals surface area contributed by atoms with Gasteiger partial charge in [-0.25, -0.2) is 9.59 Å². The number of carbonyl (C=O) groups is 2. The van der Waals surface area contributed by atoms with Gasteiger partial charge in [0.15, 0.2) is 0 Å². The number of carboxylic acids is 1. The zero-order valence-electron chi connectivity index (χ0n) is 12.3. The molecule has 112 valence electrons. The van der Waals surface area contributed by atoms with Crippen LogP contribution in [0.25, 0.3) is 0 Å². The lowest BCUT2D eigenvalue weighted by Crippen LogP contribution is -2.56. The van der Waals surface area contributed by atoms with Crippen molar-refractivity contribution in [2.45, 2.75) is 45.6 Å². The monoisotopic (exact) mass is 274 g/mol. The van der Waals surface area contributed by atoms with E-state index in [-0.39, 0.29) is 12.6 Å². The Balaban J connectivity index is 4.54. The Morgan fingerprint density at radius 2 is 1.74 bits per heavy atom. The predicted molar refractivity (Wildman–Crippen MR) is 73.1 cm³/mol. The van der Waals surface area contributed by atoms with E-state index in [1.807, 2.05) is 0 Å². The topological polar surface area (TPSA) is 81.1 Å². The summed E-state index contributed by atoms with van der Waals surface area (Å²) in [4.78, 5) is 26.3. The van der Waals surface area contributed by atoms with Gasteiger partial charge < -0.3 is 20.0 Å². The number of aliphatic hydroxyl groups excluding tert-OH is 1. The van der Waals surface area contributed by atoms with E-state index < -0.39 is 11.5 Å². The number of carbonyl (C=O) groups excluding carboxylic acids is 1. The number of amides is 2. The fraction of sp³-hybridized carbons (Fsp3) is 0.846. The minimum atomic E-state index is -1.22. The molecule has 0 saturated carbocycles. The molecule has 2 N–H and O–H groups in total. The Morgan fingerprint density at radius 3 is 2.16 bits per heavy atom. The van der Waals surface area contributed by atoms with E-state index in [0.717, 1.165) is 19.3 Å². The van der Waals surface area contributed by atoms with Crippen LogP contribution in [0.15, 0.2) is 0 Å². The average Bonchev–Trinajstić information content (AvgIpc) is 2.34. The number of nitrogens with zero attached hydrogens (tertiary/aromatic N) is 2. The first-order chi connectivity index (χ1) is 8.78. The first-order valence-electron chi connectivity index (χ1n) is 6.66. The number of unbranched alkanes of at least 4 members (excludes halogenated alkanes) is 2. The fourth-order valence-electron chi connectivity index (χ4n) is 1.82. The van der Waals surface area contributed by atoms with E-state index in [1.54, 1.807) is 14.0 Å². The van der Waals surface area contributed by atoms with Gasteiger partial charge in [-0.05, 0) is 40.0 Å². The maximum Gasteiger partial charge on any atom is 0.329 e. The quantitative estimate of drug-likeness (QED) is 0.655. The summed E-state index contributed by atoms with van der Waals surface area (Å²) in [6, 6.07) is -0.279. The van der Waals surface area contributed by atoms with Crippen molar-refractivity contribution in [3.05, 3.63) is 0 Å². The van der Waals surface area contributed by atoms with Crippen molar-refractivity contribution in [2.24, 2.45) is 0 Å². The third-order valence-corrected chi connectivity index (χ3v) is 3.22. The van der Waals surface area contributed by atoms with Gasteiger partial charge >= 0.3 is 12.0 Å². The third kappa shape index (κ3) is 5.06. The summed E-state index contributed by atoms with van der Waals surface area (Å²) in [5.74, 6) is -1.02. The first-order valence-corrected chi connectivity index (χ1v) is 6.66. The molecule has 0 aromatic carbocycles. The lowest BCUT2D eigenvalue weighted by atomic mass is 10.0. The molecule has 0 radical (unpaired) electrons. The van der Waals surface area contributed by atoms with Crippen molar-refractivity contribution in [1.82, 2.24) is 9.80 Å². The van der Waals surface area contributed by atoms with E-state index >= 15 is 0 Å². The first kappa shape index (κ1) is 17.7. The fourth-order valence-corrected chi connectivity index (χ4v) is 1.82. The Labute approximate surface area is 115 Å². The summed E-state index contributed by atoms with van der Waals surface area (Å²) in [6.45, 7) is 5.88. The molecule has 0 fully saturated rings. The van der Waals surface area contributed by atoms with E-state index in [2.05, 4.69) is 0 Å². The van der Waals surface area contributed by atoms with Crippen LogP contribution in [0.4, 0.5) is 4.79 Å². The van der Waals surface area contributed by atoms with Crippen molar-refractivity contribution in [3.63, 3.8) is 0 Å². The average molecular weight is 274 g/mol. The molecule has 6 nitrogen and oxygen atoms in total. The summed E-state index contributed by atoms with van der Waals surface area (Å²) in [7, 11) is 1.67. The molecule has 2 amide bonds. The molecular weight excluding hydrogens is 248 g/mol. The second-order valence-electron chi connectivity index (χ2n) is 5.10. The Kier molecular flexibility index (Phi) is 7.44. The summed E-state index contributed by atoms with van der Waals surface area (Å²) in [6.07, 6.45) is 2.37. The minimum Gasteiger partial charge on any atom is -0.480 e. The third-order valence-electron chi connectivity index (χ3n) is 3.22. The van der Waals surface area contributed by atoms with Gasteiger partial charge in [0.25, 0.3) is 0 Å². The molecule has 0 rings (SSSR count). The Bertz CT molecular complexity index is 305. The normalized spacial score (nSPS) is 11.2. The molecule has 0 heterocycles. The minimum absolute atomic E-state index is 0.158. The molecular formula is C13H26N2O4. The largest absolute Gasteiger partial charge is 0.480 e. The van der Waals surface area contributed by atoms with Gasteiger partial charge in [-0.15, -0.1) is 0 Å². The smallest absolute Gasteiger partial charge is 0.329 e. The van der Waals surface area contributed by atoms with Gasteiger partial charge in [-0.1, -0.05) is 0 Å². The van der Waals surface area contributed by atoms with Crippen LogP contribution >= 0.6 is 0 Å². The van der Waals surface area contributed by atoms with Gasteiger partial charge in [0.05, 0.1) is 0 Å². The van der Waals surface area contributed by atoms with Crippen molar-refractivity contribution >= 4 is 12.0 Å². The van der Waals surface area contributed by atoms with Crippen LogP contribution in [-0.2, 0) is 4.79 Å². The summed E-state index contributed by atoms with van der Waals surface area (Å²) >= 11 is 0. The van der Waals surface area contributed by atoms with Crippen molar-refractivity contribution in [2.75, 3.05) is 26.7 Å². The molecule has 0 bridgehead atoms. The molecule has 0 aliphatic heterocycles. The van der Waals surface area contributed by atoms with Crippen LogP contribution < -0.4 is 0 Å². The number of aliphatic carboxylic acids is 1. The van der Waals surface area contributed by atoms with Crippen LogP contribution in [-0.4, -0.2) is 64.3 Å². The van der Waals surface area contributed by atoms with Crippen LogP contribution in [0.3, 0.4) is 0 Å². The molecule has 0 aliphatic rings. The molecule has 0 unspecified atom stereocenters. The maximum absolute atomic E-state index is 12.2.